The Labute approximate surface area is 170 Å². The predicted octanol–water partition coefficient (Wildman–Crippen LogP) is 6.35. The van der Waals surface area contributed by atoms with E-state index in [0.717, 1.165) is 48.8 Å². The number of unbranched alkanes of at least 4 members (excludes halogenated alkanes) is 3. The summed E-state index contributed by atoms with van der Waals surface area (Å²) in [6.45, 7) is 5.22. The molecule has 1 atom stereocenters. The molecule has 28 heavy (non-hydrogen) atoms. The van der Waals surface area contributed by atoms with Gasteiger partial charge in [-0.1, -0.05) is 57.9 Å². The van der Waals surface area contributed by atoms with Crippen molar-refractivity contribution < 1.29 is 4.74 Å². The molecule has 3 rings (SSSR count). The summed E-state index contributed by atoms with van der Waals surface area (Å²) >= 11 is 0. The van der Waals surface area contributed by atoms with Gasteiger partial charge in [-0.15, -0.1) is 0 Å². The van der Waals surface area contributed by atoms with Crippen molar-refractivity contribution in [2.45, 2.75) is 71.6 Å². The summed E-state index contributed by atoms with van der Waals surface area (Å²) < 4.78 is 5.71. The zero-order chi connectivity index (χ0) is 19.6. The standard InChI is InChI=1S/C26H33NO/c1-3-5-7-8-22-12-18-26-23(20-22)13-15-24(27-26)14-9-21-10-16-25(17-11-21)28-19-6-4-2/h10-11,13,15-17,22H,3-8,12,18-20H2,1-2H3. The second-order valence-corrected chi connectivity index (χ2v) is 7.88. The van der Waals surface area contributed by atoms with Gasteiger partial charge in [-0.3, -0.25) is 0 Å². The van der Waals surface area contributed by atoms with E-state index in [1.807, 2.05) is 24.3 Å². The molecule has 0 saturated carbocycles. The lowest BCUT2D eigenvalue weighted by molar-refractivity contribution is 0.309. The van der Waals surface area contributed by atoms with Crippen molar-refractivity contribution in [3.05, 3.63) is 58.9 Å². The van der Waals surface area contributed by atoms with Crippen molar-refractivity contribution >= 4 is 0 Å². The van der Waals surface area contributed by atoms with Crippen LogP contribution in [0.1, 0.15) is 81.3 Å². The minimum absolute atomic E-state index is 0.778. The van der Waals surface area contributed by atoms with Crippen molar-refractivity contribution in [3.63, 3.8) is 0 Å². The molecule has 1 aliphatic carbocycles. The van der Waals surface area contributed by atoms with E-state index in [-0.39, 0.29) is 0 Å². The van der Waals surface area contributed by atoms with Crippen molar-refractivity contribution in [3.8, 4) is 17.6 Å². The highest BCUT2D eigenvalue weighted by Gasteiger charge is 2.19. The van der Waals surface area contributed by atoms with E-state index in [1.165, 1.54) is 49.8 Å². The third-order valence-corrected chi connectivity index (χ3v) is 5.54. The third-order valence-electron chi connectivity index (χ3n) is 5.54. The van der Waals surface area contributed by atoms with Crippen LogP contribution < -0.4 is 4.74 Å². The Morgan fingerprint density at radius 2 is 1.79 bits per heavy atom. The van der Waals surface area contributed by atoms with Crippen LogP contribution in [0.4, 0.5) is 0 Å². The maximum atomic E-state index is 5.71. The highest BCUT2D eigenvalue weighted by Crippen LogP contribution is 2.28. The van der Waals surface area contributed by atoms with Crippen LogP contribution in [0.15, 0.2) is 36.4 Å². The SMILES string of the molecule is CCCCCC1CCc2nc(C#Cc3ccc(OCCCC)cc3)ccc2C1. The number of aromatic nitrogens is 1. The molecule has 1 aromatic carbocycles. The predicted molar refractivity (Wildman–Crippen MR) is 117 cm³/mol. The van der Waals surface area contributed by atoms with E-state index in [2.05, 4.69) is 37.8 Å². The number of ether oxygens (including phenoxy) is 1. The Hall–Kier alpha value is -2.27. The van der Waals surface area contributed by atoms with Gasteiger partial charge in [-0.05, 0) is 73.4 Å². The molecule has 2 nitrogen and oxygen atoms in total. The molecule has 0 amide bonds. The van der Waals surface area contributed by atoms with Crippen molar-refractivity contribution in [1.82, 2.24) is 4.98 Å². The zero-order valence-corrected chi connectivity index (χ0v) is 17.5. The molecule has 2 aromatic rings. The first-order valence-corrected chi connectivity index (χ1v) is 11.0. The largest absolute Gasteiger partial charge is 0.494 e. The number of aryl methyl sites for hydroxylation is 1. The first-order valence-electron chi connectivity index (χ1n) is 11.0. The lowest BCUT2D eigenvalue weighted by Gasteiger charge is -2.23. The summed E-state index contributed by atoms with van der Waals surface area (Å²) in [6, 6.07) is 12.4. The fourth-order valence-corrected chi connectivity index (χ4v) is 3.79. The highest BCUT2D eigenvalue weighted by molar-refractivity contribution is 5.43. The van der Waals surface area contributed by atoms with Gasteiger partial charge in [0.15, 0.2) is 0 Å². The van der Waals surface area contributed by atoms with Crippen LogP contribution in [0.3, 0.4) is 0 Å². The van der Waals surface area contributed by atoms with E-state index < -0.39 is 0 Å². The second kappa shape index (κ2) is 10.9. The molecule has 1 heterocycles. The Morgan fingerprint density at radius 1 is 0.964 bits per heavy atom. The topological polar surface area (TPSA) is 22.1 Å². The van der Waals surface area contributed by atoms with Crippen molar-refractivity contribution in [2.24, 2.45) is 5.92 Å². The molecule has 1 aliphatic rings. The molecule has 0 aliphatic heterocycles. The van der Waals surface area contributed by atoms with Gasteiger partial charge in [0.1, 0.15) is 11.4 Å². The van der Waals surface area contributed by atoms with E-state index in [9.17, 15) is 0 Å². The van der Waals surface area contributed by atoms with Crippen molar-refractivity contribution in [2.75, 3.05) is 6.61 Å². The highest BCUT2D eigenvalue weighted by atomic mass is 16.5. The van der Waals surface area contributed by atoms with Crippen LogP contribution in [0.25, 0.3) is 0 Å². The molecule has 0 bridgehead atoms. The van der Waals surface area contributed by atoms with E-state index in [4.69, 9.17) is 9.72 Å². The number of fused-ring (bicyclic) bond motifs is 1. The Morgan fingerprint density at radius 3 is 2.57 bits per heavy atom. The van der Waals surface area contributed by atoms with Gasteiger partial charge >= 0.3 is 0 Å². The fourth-order valence-electron chi connectivity index (χ4n) is 3.79. The lowest BCUT2D eigenvalue weighted by atomic mass is 9.83. The van der Waals surface area contributed by atoms with Crippen LogP contribution in [0.5, 0.6) is 5.75 Å². The first kappa shape index (κ1) is 20.5. The van der Waals surface area contributed by atoms with Gasteiger partial charge in [-0.25, -0.2) is 4.98 Å². The average molecular weight is 376 g/mol. The van der Waals surface area contributed by atoms with Gasteiger partial charge in [0.25, 0.3) is 0 Å². The Balaban J connectivity index is 1.58. The van der Waals surface area contributed by atoms with E-state index in [0.29, 0.717) is 0 Å². The molecule has 0 radical (unpaired) electrons. The summed E-state index contributed by atoms with van der Waals surface area (Å²) in [7, 11) is 0. The molecule has 0 spiro atoms. The van der Waals surface area contributed by atoms with Crippen LogP contribution in [0.2, 0.25) is 0 Å². The number of rotatable bonds is 8. The maximum Gasteiger partial charge on any atom is 0.119 e. The number of nitrogens with zero attached hydrogens (tertiary/aromatic N) is 1. The number of hydrogen-bond donors (Lipinski definition) is 0. The summed E-state index contributed by atoms with van der Waals surface area (Å²) in [5.74, 6) is 8.23. The Kier molecular flexibility index (Phi) is 7.97. The van der Waals surface area contributed by atoms with Gasteiger partial charge < -0.3 is 4.74 Å². The summed E-state index contributed by atoms with van der Waals surface area (Å²) in [5.41, 5.74) is 4.58. The van der Waals surface area contributed by atoms with Crippen LogP contribution in [0, 0.1) is 17.8 Å². The van der Waals surface area contributed by atoms with Crippen LogP contribution >= 0.6 is 0 Å². The Bertz CT molecular complexity index is 797. The summed E-state index contributed by atoms with van der Waals surface area (Å²) in [5, 5.41) is 0. The second-order valence-electron chi connectivity index (χ2n) is 7.88. The summed E-state index contributed by atoms with van der Waals surface area (Å²) in [6.07, 6.45) is 11.2. The molecular formula is C26H33NO. The zero-order valence-electron chi connectivity index (χ0n) is 17.5. The summed E-state index contributed by atoms with van der Waals surface area (Å²) in [4.78, 5) is 4.83. The number of hydrogen-bond acceptors (Lipinski definition) is 2. The molecule has 1 unspecified atom stereocenters. The third kappa shape index (κ3) is 6.13. The normalized spacial score (nSPS) is 15.4. The molecular weight excluding hydrogens is 342 g/mol. The van der Waals surface area contributed by atoms with Crippen molar-refractivity contribution in [1.29, 1.82) is 0 Å². The number of benzene rings is 1. The van der Waals surface area contributed by atoms with E-state index >= 15 is 0 Å². The van der Waals surface area contributed by atoms with Gasteiger partial charge in [0, 0.05) is 11.3 Å². The van der Waals surface area contributed by atoms with Gasteiger partial charge in [0.05, 0.1) is 6.61 Å². The van der Waals surface area contributed by atoms with Gasteiger partial charge in [-0.2, -0.15) is 0 Å². The molecule has 0 N–H and O–H groups in total. The monoisotopic (exact) mass is 375 g/mol. The number of pyridine rings is 1. The van der Waals surface area contributed by atoms with Gasteiger partial charge in [0.2, 0.25) is 0 Å². The first-order chi connectivity index (χ1) is 13.8. The van der Waals surface area contributed by atoms with E-state index in [1.54, 1.807) is 0 Å². The minimum Gasteiger partial charge on any atom is -0.494 e. The fraction of sp³-hybridized carbons (Fsp3) is 0.500. The smallest absolute Gasteiger partial charge is 0.119 e. The molecule has 1 aromatic heterocycles. The van der Waals surface area contributed by atoms with Crippen LogP contribution in [-0.4, -0.2) is 11.6 Å². The maximum absolute atomic E-state index is 5.71. The minimum atomic E-state index is 0.778. The lowest BCUT2D eigenvalue weighted by Crippen LogP contribution is -2.16. The van der Waals surface area contributed by atoms with Crippen LogP contribution in [-0.2, 0) is 12.8 Å². The quantitative estimate of drug-likeness (QED) is 0.396. The molecule has 0 saturated heterocycles. The molecule has 148 valence electrons. The average Bonchev–Trinajstić information content (AvgIpc) is 2.73. The molecule has 2 heteroatoms. The molecule has 0 fully saturated rings.